The van der Waals surface area contributed by atoms with Gasteiger partial charge in [0.2, 0.25) is 0 Å². The number of nitrogens with zero attached hydrogens (tertiary/aromatic N) is 1. The van der Waals surface area contributed by atoms with Crippen LogP contribution in [0, 0.1) is 0 Å². The Kier molecular flexibility index (Phi) is 2.15. The van der Waals surface area contributed by atoms with Crippen molar-refractivity contribution in [3.05, 3.63) is 11.4 Å². The third kappa shape index (κ3) is 1.45. The Bertz CT molecular complexity index is 353. The minimum absolute atomic E-state index is 0.0920. The fourth-order valence-corrected chi connectivity index (χ4v) is 2.08. The van der Waals surface area contributed by atoms with Crippen molar-refractivity contribution in [2.45, 2.75) is 31.6 Å². The van der Waals surface area contributed by atoms with Crippen LogP contribution in [0.15, 0.2) is 0 Å². The molecular formula is C9H13N3O2. The average molecular weight is 195 g/mol. The van der Waals surface area contributed by atoms with E-state index < -0.39 is 5.97 Å². The van der Waals surface area contributed by atoms with Gasteiger partial charge in [-0.3, -0.25) is 0 Å². The summed E-state index contributed by atoms with van der Waals surface area (Å²) >= 11 is 0. The second kappa shape index (κ2) is 3.32. The highest BCUT2D eigenvalue weighted by molar-refractivity contribution is 5.87. The van der Waals surface area contributed by atoms with Gasteiger partial charge < -0.3 is 15.8 Å². The number of H-pyrrole nitrogens is 1. The third-order valence-electron chi connectivity index (χ3n) is 2.72. The van der Waals surface area contributed by atoms with Crippen LogP contribution >= 0.6 is 0 Å². The Morgan fingerprint density at radius 2 is 2.14 bits per heavy atom. The van der Waals surface area contributed by atoms with Gasteiger partial charge in [0.1, 0.15) is 0 Å². The predicted octanol–water partition coefficient (Wildman–Crippen LogP) is 1.35. The number of imidazole rings is 1. The van der Waals surface area contributed by atoms with Gasteiger partial charge in [-0.15, -0.1) is 0 Å². The van der Waals surface area contributed by atoms with Crippen LogP contribution in [0.25, 0.3) is 0 Å². The maximum atomic E-state index is 10.9. The lowest BCUT2D eigenvalue weighted by Gasteiger charge is -2.06. The van der Waals surface area contributed by atoms with Crippen molar-refractivity contribution in [3.63, 3.8) is 0 Å². The van der Waals surface area contributed by atoms with Gasteiger partial charge in [0.25, 0.3) is 0 Å². The Labute approximate surface area is 81.3 Å². The zero-order valence-electron chi connectivity index (χ0n) is 7.79. The molecule has 2 rings (SSSR count). The van der Waals surface area contributed by atoms with Crippen LogP contribution in [-0.4, -0.2) is 21.0 Å². The summed E-state index contributed by atoms with van der Waals surface area (Å²) in [7, 11) is 0. The Balaban J connectivity index is 2.35. The first-order valence-electron chi connectivity index (χ1n) is 4.77. The molecule has 4 N–H and O–H groups in total. The minimum Gasteiger partial charge on any atom is -0.476 e. The lowest BCUT2D eigenvalue weighted by molar-refractivity contribution is 0.0689. The number of carboxylic acids is 1. The molecule has 1 aromatic heterocycles. The molecule has 1 fully saturated rings. The lowest BCUT2D eigenvalue weighted by atomic mass is 10.0. The zero-order chi connectivity index (χ0) is 10.1. The molecule has 5 nitrogen and oxygen atoms in total. The molecule has 0 radical (unpaired) electrons. The normalized spacial score (nSPS) is 17.4. The lowest BCUT2D eigenvalue weighted by Crippen LogP contribution is -2.04. The molecular weight excluding hydrogens is 182 g/mol. The van der Waals surface area contributed by atoms with Crippen LogP contribution in [0.3, 0.4) is 0 Å². The van der Waals surface area contributed by atoms with Crippen LogP contribution in [-0.2, 0) is 0 Å². The second-order valence-electron chi connectivity index (χ2n) is 3.67. The summed E-state index contributed by atoms with van der Waals surface area (Å²) in [5, 5.41) is 8.90. The molecule has 0 aliphatic heterocycles. The fourth-order valence-electron chi connectivity index (χ4n) is 2.08. The van der Waals surface area contributed by atoms with E-state index in [0.717, 1.165) is 25.7 Å². The van der Waals surface area contributed by atoms with Gasteiger partial charge >= 0.3 is 5.97 Å². The van der Waals surface area contributed by atoms with E-state index >= 15 is 0 Å². The van der Waals surface area contributed by atoms with Gasteiger partial charge in [0, 0.05) is 5.92 Å². The largest absolute Gasteiger partial charge is 0.476 e. The monoisotopic (exact) mass is 195 g/mol. The molecule has 0 spiro atoms. The molecule has 1 aliphatic carbocycles. The summed E-state index contributed by atoms with van der Waals surface area (Å²) in [6, 6.07) is 0. The van der Waals surface area contributed by atoms with Gasteiger partial charge in [-0.1, -0.05) is 12.8 Å². The minimum atomic E-state index is -1.00. The quantitative estimate of drug-likeness (QED) is 0.664. The maximum Gasteiger partial charge on any atom is 0.356 e. The zero-order valence-corrected chi connectivity index (χ0v) is 7.79. The molecule has 1 heterocycles. The van der Waals surface area contributed by atoms with Gasteiger partial charge in [0.15, 0.2) is 11.6 Å². The highest BCUT2D eigenvalue weighted by Gasteiger charge is 2.25. The molecule has 0 unspecified atom stereocenters. The van der Waals surface area contributed by atoms with E-state index in [4.69, 9.17) is 10.8 Å². The number of rotatable bonds is 2. The molecule has 1 aromatic rings. The van der Waals surface area contributed by atoms with Crippen molar-refractivity contribution in [3.8, 4) is 0 Å². The number of hydrogen-bond donors (Lipinski definition) is 3. The number of nitrogen functional groups attached to an aromatic ring is 1. The van der Waals surface area contributed by atoms with E-state index in [0.29, 0.717) is 11.6 Å². The van der Waals surface area contributed by atoms with Crippen LogP contribution < -0.4 is 5.73 Å². The number of aromatic amines is 1. The molecule has 0 bridgehead atoms. The maximum absolute atomic E-state index is 10.9. The summed E-state index contributed by atoms with van der Waals surface area (Å²) in [5.41, 5.74) is 6.25. The molecule has 1 saturated carbocycles. The second-order valence-corrected chi connectivity index (χ2v) is 3.67. The average Bonchev–Trinajstić information content (AvgIpc) is 2.70. The Morgan fingerprint density at radius 3 is 2.71 bits per heavy atom. The molecule has 0 atom stereocenters. The van der Waals surface area contributed by atoms with Crippen molar-refractivity contribution in [1.82, 2.24) is 9.97 Å². The van der Waals surface area contributed by atoms with E-state index in [1.165, 1.54) is 0 Å². The number of nitrogens with one attached hydrogen (secondary N) is 1. The summed E-state index contributed by atoms with van der Waals surface area (Å²) in [4.78, 5) is 17.5. The molecule has 0 aromatic carbocycles. The van der Waals surface area contributed by atoms with Gasteiger partial charge in [-0.05, 0) is 12.8 Å². The highest BCUT2D eigenvalue weighted by Crippen LogP contribution is 2.34. The Hall–Kier alpha value is -1.52. The first-order valence-corrected chi connectivity index (χ1v) is 4.77. The number of aromatic nitrogens is 2. The molecule has 5 heteroatoms. The van der Waals surface area contributed by atoms with Gasteiger partial charge in [-0.25, -0.2) is 9.78 Å². The van der Waals surface area contributed by atoms with E-state index in [-0.39, 0.29) is 11.6 Å². The Morgan fingerprint density at radius 1 is 1.50 bits per heavy atom. The predicted molar refractivity (Wildman–Crippen MR) is 51.2 cm³/mol. The van der Waals surface area contributed by atoms with Gasteiger partial charge in [-0.2, -0.15) is 0 Å². The van der Waals surface area contributed by atoms with E-state index in [9.17, 15) is 4.79 Å². The molecule has 0 saturated heterocycles. The van der Waals surface area contributed by atoms with Crippen molar-refractivity contribution in [1.29, 1.82) is 0 Å². The van der Waals surface area contributed by atoms with Crippen molar-refractivity contribution >= 4 is 11.9 Å². The SMILES string of the molecule is Nc1nc(C(=O)O)c(C2CCCC2)[nH]1. The van der Waals surface area contributed by atoms with Crippen molar-refractivity contribution < 1.29 is 9.90 Å². The number of hydrogen-bond acceptors (Lipinski definition) is 3. The molecule has 1 aliphatic rings. The summed E-state index contributed by atoms with van der Waals surface area (Å²) in [5.74, 6) is -0.505. The topological polar surface area (TPSA) is 92.0 Å². The smallest absolute Gasteiger partial charge is 0.356 e. The molecule has 14 heavy (non-hydrogen) atoms. The van der Waals surface area contributed by atoms with E-state index in [2.05, 4.69) is 9.97 Å². The number of nitrogens with two attached hydrogens (primary N) is 1. The third-order valence-corrected chi connectivity index (χ3v) is 2.72. The summed E-state index contributed by atoms with van der Waals surface area (Å²) < 4.78 is 0. The van der Waals surface area contributed by atoms with Crippen molar-refractivity contribution in [2.75, 3.05) is 5.73 Å². The highest BCUT2D eigenvalue weighted by atomic mass is 16.4. The first kappa shape index (κ1) is 9.05. The number of carbonyl (C=O) groups is 1. The first-order chi connectivity index (χ1) is 6.68. The number of anilines is 1. The standard InChI is InChI=1S/C9H13N3O2/c10-9-11-6(5-3-1-2-4-5)7(12-9)8(13)14/h5H,1-4H2,(H,13,14)(H3,10,11,12). The fraction of sp³-hybridized carbons (Fsp3) is 0.556. The summed E-state index contributed by atoms with van der Waals surface area (Å²) in [6.07, 6.45) is 4.37. The van der Waals surface area contributed by atoms with Gasteiger partial charge in [0.05, 0.1) is 5.69 Å². The summed E-state index contributed by atoms with van der Waals surface area (Å²) in [6.45, 7) is 0. The van der Waals surface area contributed by atoms with E-state index in [1.807, 2.05) is 0 Å². The van der Waals surface area contributed by atoms with Crippen LogP contribution in [0.1, 0.15) is 47.8 Å². The number of aromatic carboxylic acids is 1. The van der Waals surface area contributed by atoms with Crippen LogP contribution in [0.5, 0.6) is 0 Å². The van der Waals surface area contributed by atoms with Crippen LogP contribution in [0.4, 0.5) is 5.95 Å². The van der Waals surface area contributed by atoms with Crippen LogP contribution in [0.2, 0.25) is 0 Å². The number of carboxylic acid groups (broad SMARTS) is 1. The van der Waals surface area contributed by atoms with E-state index in [1.54, 1.807) is 0 Å². The van der Waals surface area contributed by atoms with Crippen molar-refractivity contribution in [2.24, 2.45) is 0 Å². The molecule has 0 amide bonds. The molecule has 76 valence electrons.